The Morgan fingerprint density at radius 2 is 1.37 bits per heavy atom. The lowest BCUT2D eigenvalue weighted by Gasteiger charge is -2.18. The third-order valence-electron chi connectivity index (χ3n) is 3.66. The van der Waals surface area contributed by atoms with Crippen LogP contribution in [0.2, 0.25) is 19.6 Å². The van der Waals surface area contributed by atoms with Crippen LogP contribution in [0.5, 0.6) is 5.75 Å². The lowest BCUT2D eigenvalue weighted by Crippen LogP contribution is -2.33. The number of hydrogen-bond acceptors (Lipinski definition) is 4. The second-order valence-electron chi connectivity index (χ2n) is 7.84. The van der Waals surface area contributed by atoms with E-state index in [0.29, 0.717) is 10.9 Å². The van der Waals surface area contributed by atoms with Crippen molar-refractivity contribution in [3.05, 3.63) is 65.7 Å². The van der Waals surface area contributed by atoms with Crippen molar-refractivity contribution < 1.29 is 30.9 Å². The van der Waals surface area contributed by atoms with E-state index in [4.69, 9.17) is 17.7 Å². The summed E-state index contributed by atoms with van der Waals surface area (Å²) < 4.78 is 64.2. The summed E-state index contributed by atoms with van der Waals surface area (Å²) in [6, 6.07) is 19.5. The van der Waals surface area contributed by atoms with Crippen molar-refractivity contribution in [3.63, 3.8) is 0 Å². The molecule has 0 aliphatic rings. The lowest BCUT2D eigenvalue weighted by molar-refractivity contribution is -0.0517. The molecule has 0 aliphatic heterocycles. The van der Waals surface area contributed by atoms with Crippen LogP contribution in [0.4, 0.5) is 13.2 Å². The molecule has 0 bridgehead atoms. The van der Waals surface area contributed by atoms with Crippen LogP contribution in [0.25, 0.3) is 0 Å². The molecule has 2 aromatic carbocycles. The van der Waals surface area contributed by atoms with Crippen LogP contribution in [-0.4, -0.2) is 39.0 Å². The van der Waals surface area contributed by atoms with Gasteiger partial charge in [-0.1, -0.05) is 62.1 Å². The third-order valence-corrected chi connectivity index (χ3v) is 10.8. The third kappa shape index (κ3) is 10.5. The molecule has 168 valence electrons. The van der Waals surface area contributed by atoms with Crippen molar-refractivity contribution in [1.82, 2.24) is 0 Å². The average Bonchev–Trinajstić information content (AvgIpc) is 2.60. The van der Waals surface area contributed by atoms with E-state index < -0.39 is 23.7 Å². The normalized spacial score (nSPS) is 13.2. The fraction of sp³-hybridized carbons (Fsp3) is 0.400. The molecule has 1 unspecified atom stereocenters. The summed E-state index contributed by atoms with van der Waals surface area (Å²) in [6.07, 6.45) is 0. The summed E-state index contributed by atoms with van der Waals surface area (Å²) in [5.41, 5.74) is -2.75. The van der Waals surface area contributed by atoms with Gasteiger partial charge in [0.15, 0.2) is 10.1 Å². The topological polar surface area (TPSA) is 66.4 Å². The molecule has 2 rings (SSSR count). The molecular formula is C20H27F3O4S2Si. The van der Waals surface area contributed by atoms with Gasteiger partial charge in [0.1, 0.15) is 25.3 Å². The monoisotopic (exact) mass is 480 g/mol. The van der Waals surface area contributed by atoms with Gasteiger partial charge in [0.05, 0.1) is 12.5 Å². The van der Waals surface area contributed by atoms with Crippen molar-refractivity contribution >= 4 is 29.1 Å². The molecule has 0 aromatic heterocycles. The molecule has 0 fully saturated rings. The summed E-state index contributed by atoms with van der Waals surface area (Å²) in [7, 11) is -5.01. The molecule has 0 heterocycles. The molecule has 0 saturated carbocycles. The Balaban J connectivity index is 0.000000479. The zero-order chi connectivity index (χ0) is 23.0. The molecule has 0 saturated heterocycles. The highest BCUT2D eigenvalue weighted by atomic mass is 32.2. The highest BCUT2D eigenvalue weighted by Gasteiger charge is 2.37. The van der Waals surface area contributed by atoms with E-state index in [9.17, 15) is 13.2 Å². The van der Waals surface area contributed by atoms with Crippen LogP contribution in [0.15, 0.2) is 54.6 Å². The number of ether oxygens (including phenoxy) is 1. The largest absolute Gasteiger partial charge is 0.741 e. The fourth-order valence-electron chi connectivity index (χ4n) is 2.53. The predicted octanol–water partition coefficient (Wildman–Crippen LogP) is 4.94. The van der Waals surface area contributed by atoms with Gasteiger partial charge in [0.2, 0.25) is 0 Å². The summed E-state index contributed by atoms with van der Waals surface area (Å²) in [5.74, 6) is 3.33. The minimum atomic E-state index is -6.09. The molecule has 0 spiro atoms. The van der Waals surface area contributed by atoms with E-state index in [-0.39, 0.29) is 0 Å². The van der Waals surface area contributed by atoms with Crippen LogP contribution < -0.4 is 4.74 Å². The number of hydrogen-bond donors (Lipinski definition) is 0. The molecule has 0 amide bonds. The Bertz CT molecular complexity index is 866. The second-order valence-corrected chi connectivity index (χ2v) is 17.3. The van der Waals surface area contributed by atoms with E-state index in [1.165, 1.54) is 28.0 Å². The van der Waals surface area contributed by atoms with Crippen molar-refractivity contribution in [3.8, 4) is 5.75 Å². The maximum atomic E-state index is 10.7. The van der Waals surface area contributed by atoms with Crippen LogP contribution in [0, 0.1) is 0 Å². The van der Waals surface area contributed by atoms with Gasteiger partial charge in [-0.25, -0.2) is 8.42 Å². The quantitative estimate of drug-likeness (QED) is 0.244. The molecule has 0 N–H and O–H groups in total. The number of halogens is 3. The van der Waals surface area contributed by atoms with Crippen LogP contribution in [0.1, 0.15) is 11.1 Å². The summed E-state index contributed by atoms with van der Waals surface area (Å²) >= 11 is 0. The van der Waals surface area contributed by atoms with Crippen LogP contribution in [0.3, 0.4) is 0 Å². The van der Waals surface area contributed by atoms with Gasteiger partial charge in [-0.15, -0.1) is 0 Å². The van der Waals surface area contributed by atoms with Gasteiger partial charge >= 0.3 is 5.51 Å². The summed E-state index contributed by atoms with van der Waals surface area (Å²) in [6.45, 7) is 7.43. The molecule has 4 nitrogen and oxygen atoms in total. The van der Waals surface area contributed by atoms with Gasteiger partial charge in [-0.05, 0) is 23.0 Å². The first kappa shape index (κ1) is 26.5. The van der Waals surface area contributed by atoms with Crippen LogP contribution in [-0.2, 0) is 32.5 Å². The van der Waals surface area contributed by atoms with E-state index in [0.717, 1.165) is 5.75 Å². The zero-order valence-corrected chi connectivity index (χ0v) is 20.0. The van der Waals surface area contributed by atoms with Crippen molar-refractivity contribution in [2.75, 3.05) is 12.5 Å². The number of methoxy groups -OCH3 is 1. The molecule has 10 heteroatoms. The Hall–Kier alpha value is -1.49. The van der Waals surface area contributed by atoms with Gasteiger partial charge in [-0.2, -0.15) is 13.2 Å². The Kier molecular flexibility index (Phi) is 9.92. The first-order valence-corrected chi connectivity index (χ1v) is 15.9. The maximum absolute atomic E-state index is 10.7. The highest BCUT2D eigenvalue weighted by molar-refractivity contribution is 7.97. The standard InChI is InChI=1S/C19H27OSSi.CHF3O3S/c1-20-19-12-10-18(11-13-19)15-21(16-22(2,3)4)14-17-8-6-5-7-9-17;2-1(3,4)8(5,6)7/h5-13H,14-16H2,1-4H3;(H,5,6,7)/q+1;/p-1. The van der Waals surface area contributed by atoms with E-state index in [1.54, 1.807) is 7.11 Å². The second kappa shape index (κ2) is 11.2. The Labute approximate surface area is 180 Å². The number of benzene rings is 2. The number of rotatable bonds is 7. The van der Waals surface area contributed by atoms with E-state index >= 15 is 0 Å². The van der Waals surface area contributed by atoms with Crippen LogP contribution >= 0.6 is 0 Å². The molecule has 0 radical (unpaired) electrons. The lowest BCUT2D eigenvalue weighted by atomic mass is 10.2. The SMILES string of the molecule is COc1ccc(C[S+](Cc2ccccc2)C[Si](C)(C)C)cc1.O=S(=O)([O-])C(F)(F)F. The zero-order valence-electron chi connectivity index (χ0n) is 17.4. The summed E-state index contributed by atoms with van der Waals surface area (Å²) in [5, 5.41) is 1.40. The average molecular weight is 481 g/mol. The van der Waals surface area contributed by atoms with E-state index in [2.05, 4.69) is 74.2 Å². The minimum Gasteiger partial charge on any atom is -0.741 e. The first-order valence-electron chi connectivity index (χ1n) is 9.04. The highest BCUT2D eigenvalue weighted by Crippen LogP contribution is 2.21. The fourth-order valence-corrected chi connectivity index (χ4v) is 9.68. The molecule has 0 aliphatic carbocycles. The smallest absolute Gasteiger partial charge is 0.485 e. The molecular weight excluding hydrogens is 453 g/mol. The van der Waals surface area contributed by atoms with Gasteiger partial charge in [0, 0.05) is 11.1 Å². The predicted molar refractivity (Wildman–Crippen MR) is 118 cm³/mol. The van der Waals surface area contributed by atoms with Crippen molar-refractivity contribution in [2.45, 2.75) is 36.7 Å². The van der Waals surface area contributed by atoms with E-state index in [1.807, 2.05) is 0 Å². The molecule has 2 aromatic rings. The van der Waals surface area contributed by atoms with Gasteiger partial charge in [-0.3, -0.25) is 0 Å². The van der Waals surface area contributed by atoms with Crippen molar-refractivity contribution in [1.29, 1.82) is 0 Å². The number of alkyl halides is 3. The van der Waals surface area contributed by atoms with Gasteiger partial charge < -0.3 is 9.29 Å². The molecule has 30 heavy (non-hydrogen) atoms. The first-order chi connectivity index (χ1) is 13.7. The summed E-state index contributed by atoms with van der Waals surface area (Å²) in [4.78, 5) is 0. The molecule has 1 atom stereocenters. The Morgan fingerprint density at radius 1 is 0.933 bits per heavy atom. The maximum Gasteiger partial charge on any atom is 0.485 e. The Morgan fingerprint density at radius 3 is 1.73 bits per heavy atom. The van der Waals surface area contributed by atoms with Crippen molar-refractivity contribution in [2.24, 2.45) is 0 Å². The van der Waals surface area contributed by atoms with Gasteiger partial charge in [0.25, 0.3) is 0 Å². The minimum absolute atomic E-state index is 0.416.